The molecule has 0 aliphatic carbocycles. The molecule has 18 heavy (non-hydrogen) atoms. The maximum absolute atomic E-state index is 13.1. The van der Waals surface area contributed by atoms with E-state index in [0.29, 0.717) is 6.42 Å². The van der Waals surface area contributed by atoms with Gasteiger partial charge in [-0.25, -0.2) is 8.78 Å². The third kappa shape index (κ3) is 1.84. The number of benzene rings is 1. The van der Waals surface area contributed by atoms with Gasteiger partial charge in [0.1, 0.15) is 0 Å². The zero-order chi connectivity index (χ0) is 13.3. The summed E-state index contributed by atoms with van der Waals surface area (Å²) in [7, 11) is 0. The summed E-state index contributed by atoms with van der Waals surface area (Å²) in [5.74, 6) is -3.93. The summed E-state index contributed by atoms with van der Waals surface area (Å²) in [6.45, 7) is 0.135. The van der Waals surface area contributed by atoms with Gasteiger partial charge in [-0.05, 0) is 12.5 Å². The van der Waals surface area contributed by atoms with Crippen LogP contribution >= 0.6 is 0 Å². The Morgan fingerprint density at radius 3 is 2.56 bits per heavy atom. The minimum atomic E-state index is -1.16. The molecule has 2 rings (SSSR count). The van der Waals surface area contributed by atoms with Crippen LogP contribution in [0, 0.1) is 23.0 Å². The van der Waals surface area contributed by atoms with Gasteiger partial charge in [0.05, 0.1) is 17.3 Å². The molecule has 0 saturated heterocycles. The van der Waals surface area contributed by atoms with Gasteiger partial charge in [-0.3, -0.25) is 9.59 Å². The van der Waals surface area contributed by atoms with E-state index in [0.717, 1.165) is 17.0 Å². The lowest BCUT2D eigenvalue weighted by atomic mass is 10.1. The van der Waals surface area contributed by atoms with Crippen LogP contribution in [0.15, 0.2) is 12.1 Å². The van der Waals surface area contributed by atoms with Crippen molar-refractivity contribution in [1.29, 1.82) is 5.26 Å². The van der Waals surface area contributed by atoms with Crippen molar-refractivity contribution in [1.82, 2.24) is 0 Å². The molecule has 1 aliphatic heterocycles. The molecule has 0 spiro atoms. The summed E-state index contributed by atoms with van der Waals surface area (Å²) >= 11 is 0. The van der Waals surface area contributed by atoms with Crippen molar-refractivity contribution >= 4 is 17.4 Å². The molecule has 0 atom stereocenters. The Hall–Kier alpha value is -2.29. The molecule has 1 amide bonds. The molecule has 6 heteroatoms. The molecule has 0 radical (unpaired) electrons. The van der Waals surface area contributed by atoms with Crippen LogP contribution in [0.1, 0.15) is 23.2 Å². The van der Waals surface area contributed by atoms with Crippen LogP contribution < -0.4 is 4.90 Å². The standard InChI is InChI=1S/C12H8F2N2O2/c13-8-5-7-10(6-9(8)14)16(4-2-1-3-15)12(18)11(7)17/h5-6H,1-2,4H2. The van der Waals surface area contributed by atoms with Crippen molar-refractivity contribution in [2.75, 3.05) is 11.4 Å². The highest BCUT2D eigenvalue weighted by molar-refractivity contribution is 6.52. The Morgan fingerprint density at radius 1 is 1.22 bits per heavy atom. The molecule has 1 aromatic carbocycles. The van der Waals surface area contributed by atoms with Crippen LogP contribution in [0.4, 0.5) is 14.5 Å². The Morgan fingerprint density at radius 2 is 1.89 bits per heavy atom. The number of rotatable bonds is 3. The zero-order valence-electron chi connectivity index (χ0n) is 9.24. The van der Waals surface area contributed by atoms with Crippen LogP contribution in [0.3, 0.4) is 0 Å². The van der Waals surface area contributed by atoms with Crippen LogP contribution in [-0.2, 0) is 4.79 Å². The third-order valence-corrected chi connectivity index (χ3v) is 2.68. The maximum atomic E-state index is 13.1. The van der Waals surface area contributed by atoms with Gasteiger partial charge in [0, 0.05) is 19.0 Å². The fourth-order valence-corrected chi connectivity index (χ4v) is 1.83. The number of hydrogen-bond donors (Lipinski definition) is 0. The highest BCUT2D eigenvalue weighted by Gasteiger charge is 2.36. The van der Waals surface area contributed by atoms with E-state index in [-0.39, 0.29) is 24.2 Å². The van der Waals surface area contributed by atoms with E-state index in [9.17, 15) is 18.4 Å². The molecule has 0 bridgehead atoms. The van der Waals surface area contributed by atoms with E-state index in [1.54, 1.807) is 0 Å². The number of Topliss-reactive ketones (excluding diaryl/α,β-unsaturated/α-hetero) is 1. The van der Waals surface area contributed by atoms with Crippen molar-refractivity contribution in [3.63, 3.8) is 0 Å². The quantitative estimate of drug-likeness (QED) is 0.607. The second-order valence-corrected chi connectivity index (χ2v) is 3.83. The van der Waals surface area contributed by atoms with Gasteiger partial charge in [-0.2, -0.15) is 5.26 Å². The van der Waals surface area contributed by atoms with Gasteiger partial charge in [0.2, 0.25) is 0 Å². The van der Waals surface area contributed by atoms with Crippen molar-refractivity contribution in [2.45, 2.75) is 12.8 Å². The SMILES string of the molecule is N#CCCCN1C(=O)C(=O)c2cc(F)c(F)cc21. The lowest BCUT2D eigenvalue weighted by molar-refractivity contribution is -0.114. The van der Waals surface area contributed by atoms with Crippen molar-refractivity contribution in [3.05, 3.63) is 29.3 Å². The average Bonchev–Trinajstić information content (AvgIpc) is 2.56. The van der Waals surface area contributed by atoms with Crippen molar-refractivity contribution in [3.8, 4) is 6.07 Å². The molecule has 1 aromatic rings. The number of hydrogen-bond acceptors (Lipinski definition) is 3. The van der Waals surface area contributed by atoms with Gasteiger partial charge < -0.3 is 4.90 Å². The highest BCUT2D eigenvalue weighted by atomic mass is 19.2. The van der Waals surface area contributed by atoms with E-state index in [2.05, 4.69) is 0 Å². The Balaban J connectivity index is 2.36. The number of carbonyl (C=O) groups excluding carboxylic acids is 2. The molecule has 1 heterocycles. The predicted octanol–water partition coefficient (Wildman–Crippen LogP) is 1.80. The molecule has 92 valence electrons. The van der Waals surface area contributed by atoms with Crippen LogP contribution in [0.2, 0.25) is 0 Å². The average molecular weight is 250 g/mol. The first-order valence-electron chi connectivity index (χ1n) is 5.28. The van der Waals surface area contributed by atoms with Gasteiger partial charge in [0.25, 0.3) is 11.7 Å². The number of nitriles is 1. The van der Waals surface area contributed by atoms with Crippen molar-refractivity contribution in [2.24, 2.45) is 0 Å². The number of anilines is 1. The monoisotopic (exact) mass is 250 g/mol. The van der Waals surface area contributed by atoms with Gasteiger partial charge in [-0.15, -0.1) is 0 Å². The summed E-state index contributed by atoms with van der Waals surface area (Å²) in [4.78, 5) is 24.3. The molecule has 0 fully saturated rings. The van der Waals surface area contributed by atoms with Crippen LogP contribution in [0.25, 0.3) is 0 Å². The molecule has 0 unspecified atom stereocenters. The third-order valence-electron chi connectivity index (χ3n) is 2.68. The number of nitrogens with zero attached hydrogens (tertiary/aromatic N) is 2. The number of carbonyl (C=O) groups is 2. The Bertz CT molecular complexity index is 578. The first kappa shape index (κ1) is 12.2. The molecule has 0 saturated carbocycles. The maximum Gasteiger partial charge on any atom is 0.299 e. The van der Waals surface area contributed by atoms with E-state index in [4.69, 9.17) is 5.26 Å². The van der Waals surface area contributed by atoms with E-state index in [1.807, 2.05) is 6.07 Å². The van der Waals surface area contributed by atoms with Crippen LogP contribution in [-0.4, -0.2) is 18.2 Å². The number of fused-ring (bicyclic) bond motifs is 1. The lowest BCUT2D eigenvalue weighted by Crippen LogP contribution is -2.30. The van der Waals surface area contributed by atoms with E-state index in [1.165, 1.54) is 0 Å². The molecular formula is C12H8F2N2O2. The number of ketones is 1. The molecular weight excluding hydrogens is 242 g/mol. The summed E-state index contributed by atoms with van der Waals surface area (Å²) in [5.41, 5.74) is -0.0577. The summed E-state index contributed by atoms with van der Waals surface area (Å²) in [5, 5.41) is 8.40. The van der Waals surface area contributed by atoms with E-state index >= 15 is 0 Å². The summed E-state index contributed by atoms with van der Waals surface area (Å²) < 4.78 is 26.1. The van der Waals surface area contributed by atoms with Gasteiger partial charge >= 0.3 is 0 Å². The van der Waals surface area contributed by atoms with E-state index < -0.39 is 23.3 Å². The number of unbranched alkanes of at least 4 members (excludes halogenated alkanes) is 1. The van der Waals surface area contributed by atoms with Crippen molar-refractivity contribution < 1.29 is 18.4 Å². The molecule has 1 aliphatic rings. The van der Waals surface area contributed by atoms with Gasteiger partial charge in [0.15, 0.2) is 11.6 Å². The number of halogens is 2. The first-order chi connectivity index (χ1) is 8.56. The number of amides is 1. The summed E-state index contributed by atoms with van der Waals surface area (Å²) in [6.07, 6.45) is 0.588. The normalized spacial score (nSPS) is 13.7. The Labute approximate surface area is 101 Å². The van der Waals surface area contributed by atoms with Crippen LogP contribution in [0.5, 0.6) is 0 Å². The Kier molecular flexibility index (Phi) is 3.06. The minimum Gasteiger partial charge on any atom is -0.305 e. The largest absolute Gasteiger partial charge is 0.305 e. The second kappa shape index (κ2) is 4.53. The molecule has 0 N–H and O–H groups in total. The predicted molar refractivity (Wildman–Crippen MR) is 57.9 cm³/mol. The fraction of sp³-hybridized carbons (Fsp3) is 0.250. The lowest BCUT2D eigenvalue weighted by Gasteiger charge is -2.15. The first-order valence-corrected chi connectivity index (χ1v) is 5.28. The fourth-order valence-electron chi connectivity index (χ4n) is 1.83. The topological polar surface area (TPSA) is 61.2 Å². The summed E-state index contributed by atoms with van der Waals surface area (Å²) in [6, 6.07) is 3.47. The zero-order valence-corrected chi connectivity index (χ0v) is 9.24. The second-order valence-electron chi connectivity index (χ2n) is 3.83. The molecule has 0 aromatic heterocycles. The smallest absolute Gasteiger partial charge is 0.299 e. The molecule has 4 nitrogen and oxygen atoms in total. The minimum absolute atomic E-state index is 0.0711. The van der Waals surface area contributed by atoms with Gasteiger partial charge in [-0.1, -0.05) is 0 Å². The highest BCUT2D eigenvalue weighted by Crippen LogP contribution is 2.31.